The quantitative estimate of drug-likeness (QED) is 0.164. The maximum Gasteiger partial charge on any atom is 0.335 e. The second-order valence-corrected chi connectivity index (χ2v) is 6.96. The fourth-order valence-corrected chi connectivity index (χ4v) is 2.74. The number of ether oxygens (including phenoxy) is 2. The van der Waals surface area contributed by atoms with Gasteiger partial charge in [-0.3, -0.25) is 19.2 Å². The monoisotopic (exact) mass is 443 g/mol. The van der Waals surface area contributed by atoms with E-state index in [1.165, 1.54) is 0 Å². The Morgan fingerprint density at radius 3 is 2.19 bits per heavy atom. The van der Waals surface area contributed by atoms with E-state index in [0.29, 0.717) is 44.2 Å². The van der Waals surface area contributed by atoms with Gasteiger partial charge in [-0.1, -0.05) is 19.3 Å². The lowest BCUT2D eigenvalue weighted by Gasteiger charge is -2.12. The van der Waals surface area contributed by atoms with Crippen LogP contribution in [0.4, 0.5) is 0 Å². The predicted octanol–water partition coefficient (Wildman–Crippen LogP) is 0.220. The Labute approximate surface area is 182 Å². The molecule has 11 heteroatoms. The molecule has 1 aliphatic rings. The molecule has 176 valence electrons. The molecule has 0 aliphatic carbocycles. The molecule has 0 aromatic rings. The van der Waals surface area contributed by atoms with Gasteiger partial charge in [0, 0.05) is 32.4 Å². The summed E-state index contributed by atoms with van der Waals surface area (Å²) in [4.78, 5) is 60.7. The van der Waals surface area contributed by atoms with Crippen molar-refractivity contribution in [2.24, 2.45) is 0 Å². The van der Waals surface area contributed by atoms with Gasteiger partial charge in [-0.15, -0.1) is 5.06 Å². The summed E-state index contributed by atoms with van der Waals surface area (Å²) in [6.45, 7) is 2.14. The van der Waals surface area contributed by atoms with Gasteiger partial charge in [0.1, 0.15) is 0 Å². The second kappa shape index (κ2) is 17.2. The van der Waals surface area contributed by atoms with E-state index >= 15 is 0 Å². The van der Waals surface area contributed by atoms with Gasteiger partial charge < -0.3 is 24.9 Å². The smallest absolute Gasteiger partial charge is 0.335 e. The fourth-order valence-electron chi connectivity index (χ4n) is 2.74. The number of carbonyl (C=O) groups excluding carboxylic acids is 5. The van der Waals surface area contributed by atoms with Crippen LogP contribution in [0.15, 0.2) is 0 Å². The summed E-state index contributed by atoms with van der Waals surface area (Å²) in [5.74, 6) is -1.74. The van der Waals surface area contributed by atoms with Crippen molar-refractivity contribution in [3.63, 3.8) is 0 Å². The number of carbonyl (C=O) groups is 5. The van der Waals surface area contributed by atoms with Crippen LogP contribution in [0.1, 0.15) is 57.8 Å². The third-order valence-corrected chi connectivity index (χ3v) is 4.40. The van der Waals surface area contributed by atoms with Crippen molar-refractivity contribution < 1.29 is 38.3 Å². The zero-order chi connectivity index (χ0) is 22.7. The molecule has 1 saturated heterocycles. The summed E-state index contributed by atoms with van der Waals surface area (Å²) in [5.41, 5.74) is 0. The van der Waals surface area contributed by atoms with Crippen LogP contribution in [0.3, 0.4) is 0 Å². The van der Waals surface area contributed by atoms with Gasteiger partial charge in [0.05, 0.1) is 32.8 Å². The number of nitrogens with one attached hydrogen (secondary N) is 2. The molecule has 0 spiro atoms. The van der Waals surface area contributed by atoms with Gasteiger partial charge in [0.15, 0.2) is 0 Å². The van der Waals surface area contributed by atoms with E-state index < -0.39 is 17.8 Å². The van der Waals surface area contributed by atoms with Crippen LogP contribution in [0, 0.1) is 0 Å². The van der Waals surface area contributed by atoms with Crippen molar-refractivity contribution in [2.75, 3.05) is 39.5 Å². The first-order chi connectivity index (χ1) is 15.0. The van der Waals surface area contributed by atoms with Gasteiger partial charge in [-0.2, -0.15) is 0 Å². The molecule has 31 heavy (non-hydrogen) atoms. The molecule has 1 aliphatic heterocycles. The third-order valence-electron chi connectivity index (χ3n) is 4.40. The lowest BCUT2D eigenvalue weighted by molar-refractivity contribution is -0.198. The molecular formula is C20H33N3O8. The lowest BCUT2D eigenvalue weighted by atomic mass is 10.1. The van der Waals surface area contributed by atoms with Crippen LogP contribution >= 0.6 is 0 Å². The number of imide groups is 1. The molecule has 4 amide bonds. The summed E-state index contributed by atoms with van der Waals surface area (Å²) in [6.07, 6.45) is 6.09. The first-order valence-corrected chi connectivity index (χ1v) is 10.7. The molecule has 1 rings (SSSR count). The van der Waals surface area contributed by atoms with E-state index in [9.17, 15) is 24.0 Å². The summed E-state index contributed by atoms with van der Waals surface area (Å²) in [6, 6.07) is 0. The second-order valence-electron chi connectivity index (χ2n) is 6.96. The summed E-state index contributed by atoms with van der Waals surface area (Å²) in [5, 5.41) is 5.91. The van der Waals surface area contributed by atoms with Crippen LogP contribution in [-0.2, 0) is 38.3 Å². The maximum absolute atomic E-state index is 11.7. The minimum absolute atomic E-state index is 0.00375. The van der Waals surface area contributed by atoms with Crippen molar-refractivity contribution >= 4 is 30.1 Å². The zero-order valence-corrected chi connectivity index (χ0v) is 17.9. The van der Waals surface area contributed by atoms with E-state index in [2.05, 4.69) is 10.6 Å². The number of hydrogen-bond acceptors (Lipinski definition) is 8. The highest BCUT2D eigenvalue weighted by molar-refractivity contribution is 6.01. The molecule has 2 N–H and O–H groups in total. The van der Waals surface area contributed by atoms with E-state index in [1.54, 1.807) is 0 Å². The standard InChI is InChI=1S/C20H33N3O8/c24-16-21-10-5-3-1-2-4-6-17(25)22-11-13-30-15-14-29-12-9-20(28)31-23-18(26)7-8-19(23)27/h16H,1-15H2,(H,21,24)(H,22,25). The normalized spacial score (nSPS) is 13.4. The van der Waals surface area contributed by atoms with Crippen LogP contribution in [0.5, 0.6) is 0 Å². The first kappa shape index (κ1) is 26.5. The molecule has 1 heterocycles. The Morgan fingerprint density at radius 2 is 1.48 bits per heavy atom. The number of hydrogen-bond donors (Lipinski definition) is 2. The highest BCUT2D eigenvalue weighted by Gasteiger charge is 2.32. The largest absolute Gasteiger partial charge is 0.378 e. The number of amides is 4. The molecule has 0 aromatic heterocycles. The highest BCUT2D eigenvalue weighted by Crippen LogP contribution is 2.12. The Bertz CT molecular complexity index is 569. The molecule has 0 atom stereocenters. The Kier molecular flexibility index (Phi) is 14.7. The van der Waals surface area contributed by atoms with Crippen molar-refractivity contribution in [1.29, 1.82) is 0 Å². The number of hydroxylamine groups is 2. The van der Waals surface area contributed by atoms with E-state index in [0.717, 1.165) is 32.1 Å². The van der Waals surface area contributed by atoms with E-state index in [1.807, 2.05) is 0 Å². The highest BCUT2D eigenvalue weighted by atomic mass is 16.7. The Hall–Kier alpha value is -2.53. The van der Waals surface area contributed by atoms with E-state index in [4.69, 9.17) is 14.3 Å². The molecule has 11 nitrogen and oxygen atoms in total. The molecule has 0 saturated carbocycles. The molecule has 0 radical (unpaired) electrons. The van der Waals surface area contributed by atoms with Crippen LogP contribution < -0.4 is 10.6 Å². The fraction of sp³-hybridized carbons (Fsp3) is 0.750. The van der Waals surface area contributed by atoms with Crippen molar-refractivity contribution in [3.8, 4) is 0 Å². The summed E-state index contributed by atoms with van der Waals surface area (Å²) >= 11 is 0. The topological polar surface area (TPSA) is 140 Å². The van der Waals surface area contributed by atoms with Gasteiger partial charge in [-0.25, -0.2) is 4.79 Å². The number of nitrogens with zero attached hydrogens (tertiary/aromatic N) is 1. The van der Waals surface area contributed by atoms with Crippen molar-refractivity contribution in [1.82, 2.24) is 15.7 Å². The predicted molar refractivity (Wildman–Crippen MR) is 108 cm³/mol. The minimum atomic E-state index is -0.706. The Balaban J connectivity index is 1.84. The van der Waals surface area contributed by atoms with Gasteiger partial charge in [-0.05, 0) is 12.8 Å². The first-order valence-electron chi connectivity index (χ1n) is 10.7. The van der Waals surface area contributed by atoms with Gasteiger partial charge in [0.25, 0.3) is 11.8 Å². The van der Waals surface area contributed by atoms with Gasteiger partial charge >= 0.3 is 5.97 Å². The van der Waals surface area contributed by atoms with Crippen molar-refractivity contribution in [3.05, 3.63) is 0 Å². The van der Waals surface area contributed by atoms with Crippen LogP contribution in [-0.4, -0.2) is 74.7 Å². The molecule has 0 aromatic carbocycles. The average Bonchev–Trinajstić information content (AvgIpc) is 3.06. The average molecular weight is 443 g/mol. The van der Waals surface area contributed by atoms with Crippen molar-refractivity contribution in [2.45, 2.75) is 57.8 Å². The van der Waals surface area contributed by atoms with Crippen LogP contribution in [0.2, 0.25) is 0 Å². The number of unbranched alkanes of at least 4 members (excludes halogenated alkanes) is 4. The molecule has 1 fully saturated rings. The minimum Gasteiger partial charge on any atom is -0.378 e. The molecular weight excluding hydrogens is 410 g/mol. The summed E-state index contributed by atoms with van der Waals surface area (Å²) < 4.78 is 10.6. The Morgan fingerprint density at radius 1 is 0.839 bits per heavy atom. The summed E-state index contributed by atoms with van der Waals surface area (Å²) in [7, 11) is 0. The molecule has 0 bridgehead atoms. The number of rotatable bonds is 19. The molecule has 0 unspecified atom stereocenters. The maximum atomic E-state index is 11.7. The van der Waals surface area contributed by atoms with E-state index in [-0.39, 0.29) is 38.4 Å². The SMILES string of the molecule is O=CNCCCCCCCC(=O)NCCOCCOCCC(=O)ON1C(=O)CCC1=O. The third kappa shape index (κ3) is 13.4. The zero-order valence-electron chi connectivity index (χ0n) is 17.9. The lowest BCUT2D eigenvalue weighted by Crippen LogP contribution is -2.32. The van der Waals surface area contributed by atoms with Crippen LogP contribution in [0.25, 0.3) is 0 Å². The van der Waals surface area contributed by atoms with Gasteiger partial charge in [0.2, 0.25) is 12.3 Å².